The predicted molar refractivity (Wildman–Crippen MR) is 97.4 cm³/mol. The number of hydrogen-bond acceptors (Lipinski definition) is 4. The van der Waals surface area contributed by atoms with E-state index < -0.39 is 0 Å². The van der Waals surface area contributed by atoms with Crippen molar-refractivity contribution in [3.05, 3.63) is 72.1 Å². The van der Waals surface area contributed by atoms with Gasteiger partial charge in [-0.15, -0.1) is 0 Å². The largest absolute Gasteiger partial charge is 0.486 e. The Morgan fingerprint density at radius 1 is 0.923 bits per heavy atom. The molecule has 0 aliphatic carbocycles. The van der Waals surface area contributed by atoms with Gasteiger partial charge in [-0.2, -0.15) is 5.10 Å². The molecule has 2 aliphatic rings. The van der Waals surface area contributed by atoms with Gasteiger partial charge in [-0.25, -0.2) is 4.68 Å². The van der Waals surface area contributed by atoms with Gasteiger partial charge in [0.1, 0.15) is 13.2 Å². The van der Waals surface area contributed by atoms with Gasteiger partial charge in [0, 0.05) is 18.1 Å². The lowest BCUT2D eigenvalue weighted by molar-refractivity contribution is 0.0949. The summed E-state index contributed by atoms with van der Waals surface area (Å²) >= 11 is 0. The van der Waals surface area contributed by atoms with Crippen molar-refractivity contribution >= 4 is 11.5 Å². The molecule has 128 valence electrons. The van der Waals surface area contributed by atoms with Crippen LogP contribution in [0.15, 0.2) is 60.8 Å². The quantitative estimate of drug-likeness (QED) is 0.713. The lowest BCUT2D eigenvalue weighted by Gasteiger charge is -2.21. The Morgan fingerprint density at radius 3 is 2.58 bits per heavy atom. The Labute approximate surface area is 150 Å². The van der Waals surface area contributed by atoms with Crippen molar-refractivity contribution in [3.63, 3.8) is 0 Å². The lowest BCUT2D eigenvalue weighted by Crippen LogP contribution is -2.19. The summed E-state index contributed by atoms with van der Waals surface area (Å²) in [5.74, 6) is 1.35. The molecule has 5 nitrogen and oxygen atoms in total. The molecule has 0 unspecified atom stereocenters. The van der Waals surface area contributed by atoms with Crippen molar-refractivity contribution < 1.29 is 14.3 Å². The van der Waals surface area contributed by atoms with E-state index in [2.05, 4.69) is 5.10 Å². The second kappa shape index (κ2) is 5.88. The molecule has 0 bridgehead atoms. The molecule has 1 aromatic heterocycles. The van der Waals surface area contributed by atoms with Crippen LogP contribution in [0.4, 0.5) is 0 Å². The summed E-state index contributed by atoms with van der Waals surface area (Å²) in [6.07, 6.45) is 4.05. The van der Waals surface area contributed by atoms with Crippen molar-refractivity contribution in [2.45, 2.75) is 6.42 Å². The minimum Gasteiger partial charge on any atom is -0.486 e. The van der Waals surface area contributed by atoms with Gasteiger partial charge in [-0.3, -0.25) is 4.79 Å². The molecule has 0 atom stereocenters. The van der Waals surface area contributed by atoms with Gasteiger partial charge >= 0.3 is 0 Å². The number of ether oxygens (including phenoxy) is 2. The fourth-order valence-electron chi connectivity index (χ4n) is 3.46. The Hall–Kier alpha value is -3.34. The van der Waals surface area contributed by atoms with Crippen molar-refractivity contribution in [1.29, 1.82) is 0 Å². The fourth-order valence-corrected chi connectivity index (χ4v) is 3.46. The van der Waals surface area contributed by atoms with Crippen LogP contribution < -0.4 is 9.47 Å². The third kappa shape index (κ3) is 2.40. The van der Waals surface area contributed by atoms with E-state index in [-0.39, 0.29) is 5.91 Å². The smallest absolute Gasteiger partial charge is 0.271 e. The van der Waals surface area contributed by atoms with Crippen molar-refractivity contribution in [2.75, 3.05) is 13.2 Å². The summed E-state index contributed by atoms with van der Waals surface area (Å²) in [7, 11) is 0. The van der Waals surface area contributed by atoms with Crippen LogP contribution in [0.1, 0.15) is 16.1 Å². The van der Waals surface area contributed by atoms with Gasteiger partial charge in [0.25, 0.3) is 5.91 Å². The molecule has 0 fully saturated rings. The topological polar surface area (TPSA) is 53.4 Å². The highest BCUT2D eigenvalue weighted by Crippen LogP contribution is 2.36. The summed E-state index contributed by atoms with van der Waals surface area (Å²) in [5.41, 5.74) is 4.88. The molecule has 2 aromatic carbocycles. The first-order valence-electron chi connectivity index (χ1n) is 8.57. The van der Waals surface area contributed by atoms with Crippen LogP contribution in [0.2, 0.25) is 0 Å². The zero-order chi connectivity index (χ0) is 17.5. The van der Waals surface area contributed by atoms with E-state index in [0.29, 0.717) is 19.6 Å². The highest BCUT2D eigenvalue weighted by atomic mass is 16.6. The minimum atomic E-state index is -0.127. The minimum absolute atomic E-state index is 0.127. The van der Waals surface area contributed by atoms with E-state index >= 15 is 0 Å². The Balaban J connectivity index is 1.55. The van der Waals surface area contributed by atoms with Gasteiger partial charge in [-0.05, 0) is 28.8 Å². The molecular formula is C21H16N2O3. The van der Waals surface area contributed by atoms with Gasteiger partial charge in [0.15, 0.2) is 11.5 Å². The van der Waals surface area contributed by atoms with Crippen molar-refractivity contribution in [2.24, 2.45) is 0 Å². The molecule has 0 amide bonds. The average molecular weight is 344 g/mol. The number of benzene rings is 2. The Bertz CT molecular complexity index is 1030. The maximum absolute atomic E-state index is 12.6. The molecule has 26 heavy (non-hydrogen) atoms. The second-order valence-corrected chi connectivity index (χ2v) is 6.33. The lowest BCUT2D eigenvalue weighted by atomic mass is 9.94. The van der Waals surface area contributed by atoms with E-state index in [1.54, 1.807) is 12.3 Å². The fraction of sp³-hybridized carbons (Fsp3) is 0.143. The van der Waals surface area contributed by atoms with Gasteiger partial charge < -0.3 is 9.47 Å². The number of fused-ring (bicyclic) bond motifs is 2. The SMILES string of the molecule is O=C1C=C(c2ccc3c(c2)OCCO3)Cc2c(-c3ccccc3)cnn21. The first-order valence-corrected chi connectivity index (χ1v) is 8.57. The summed E-state index contributed by atoms with van der Waals surface area (Å²) in [4.78, 5) is 12.6. The van der Waals surface area contributed by atoms with E-state index in [1.165, 1.54) is 4.68 Å². The molecule has 2 aliphatic heterocycles. The third-order valence-corrected chi connectivity index (χ3v) is 4.73. The number of aromatic nitrogens is 2. The van der Waals surface area contributed by atoms with Crippen LogP contribution in [-0.4, -0.2) is 28.9 Å². The van der Waals surface area contributed by atoms with Gasteiger partial charge in [0.2, 0.25) is 0 Å². The molecule has 0 radical (unpaired) electrons. The summed E-state index contributed by atoms with van der Waals surface area (Å²) in [6.45, 7) is 1.10. The number of hydrogen-bond donors (Lipinski definition) is 0. The Morgan fingerprint density at radius 2 is 1.73 bits per heavy atom. The molecule has 5 rings (SSSR count). The highest BCUT2D eigenvalue weighted by molar-refractivity contribution is 6.00. The molecule has 3 aromatic rings. The van der Waals surface area contributed by atoms with Gasteiger partial charge in [0.05, 0.1) is 11.9 Å². The number of carbonyl (C=O) groups is 1. The van der Waals surface area contributed by atoms with E-state index in [4.69, 9.17) is 9.47 Å². The second-order valence-electron chi connectivity index (χ2n) is 6.33. The Kier molecular flexibility index (Phi) is 3.38. The molecule has 0 saturated heterocycles. The van der Waals surface area contributed by atoms with Gasteiger partial charge in [-0.1, -0.05) is 36.4 Å². The molecule has 0 saturated carbocycles. The van der Waals surface area contributed by atoms with Crippen LogP contribution in [0, 0.1) is 0 Å². The molecule has 0 spiro atoms. The molecule has 5 heteroatoms. The first-order chi connectivity index (χ1) is 12.8. The zero-order valence-electron chi connectivity index (χ0n) is 14.0. The highest BCUT2D eigenvalue weighted by Gasteiger charge is 2.24. The van der Waals surface area contributed by atoms with Crippen LogP contribution in [-0.2, 0) is 6.42 Å². The monoisotopic (exact) mass is 344 g/mol. The van der Waals surface area contributed by atoms with E-state index in [9.17, 15) is 4.79 Å². The number of allylic oxidation sites excluding steroid dienone is 2. The van der Waals surface area contributed by atoms with Crippen molar-refractivity contribution in [1.82, 2.24) is 9.78 Å². The summed E-state index contributed by atoms with van der Waals surface area (Å²) in [6, 6.07) is 15.8. The maximum Gasteiger partial charge on any atom is 0.271 e. The third-order valence-electron chi connectivity index (χ3n) is 4.73. The number of carbonyl (C=O) groups excluding carboxylic acids is 1. The number of rotatable bonds is 2. The standard InChI is InChI=1S/C21H16N2O3/c24-21-12-16(15-6-7-19-20(11-15)26-9-8-25-19)10-18-17(13-22-23(18)21)14-4-2-1-3-5-14/h1-7,11-13H,8-10H2. The van der Waals surface area contributed by atoms with Crippen LogP contribution in [0.25, 0.3) is 16.7 Å². The van der Waals surface area contributed by atoms with Crippen LogP contribution in [0.3, 0.4) is 0 Å². The first kappa shape index (κ1) is 15.0. The van der Waals surface area contributed by atoms with E-state index in [0.717, 1.165) is 39.5 Å². The summed E-state index contributed by atoms with van der Waals surface area (Å²) < 4.78 is 12.7. The maximum atomic E-state index is 12.6. The van der Waals surface area contributed by atoms with Crippen molar-refractivity contribution in [3.8, 4) is 22.6 Å². The van der Waals surface area contributed by atoms with Crippen LogP contribution >= 0.6 is 0 Å². The molecular weight excluding hydrogens is 328 g/mol. The zero-order valence-corrected chi connectivity index (χ0v) is 14.0. The average Bonchev–Trinajstić information content (AvgIpc) is 3.13. The molecule has 0 N–H and O–H groups in total. The normalized spacial score (nSPS) is 15.4. The summed E-state index contributed by atoms with van der Waals surface area (Å²) in [5, 5.41) is 4.29. The van der Waals surface area contributed by atoms with E-state index in [1.807, 2.05) is 48.5 Å². The molecule has 3 heterocycles. The predicted octanol–water partition coefficient (Wildman–Crippen LogP) is 3.60. The van der Waals surface area contributed by atoms with Crippen LogP contribution in [0.5, 0.6) is 11.5 Å². The number of nitrogens with zero attached hydrogens (tertiary/aromatic N) is 2.